The number of benzene rings is 1. The molecule has 2 rings (SSSR count). The molecule has 1 unspecified atom stereocenters. The van der Waals surface area contributed by atoms with Crippen LogP contribution in [0.25, 0.3) is 0 Å². The minimum Gasteiger partial charge on any atom is -0.323 e. The van der Waals surface area contributed by atoms with Gasteiger partial charge in [-0.15, -0.1) is 0 Å². The lowest BCUT2D eigenvalue weighted by atomic mass is 9.84. The van der Waals surface area contributed by atoms with Gasteiger partial charge in [-0.05, 0) is 56.8 Å². The lowest BCUT2D eigenvalue weighted by molar-refractivity contribution is 0.156. The predicted octanol–water partition coefficient (Wildman–Crippen LogP) is 3.87. The molecular weight excluding hydrogens is 270 g/mol. The molecule has 1 fully saturated rings. The maximum atomic E-state index is 13.7. The first-order valence-electron chi connectivity index (χ1n) is 7.92. The van der Waals surface area contributed by atoms with Crippen molar-refractivity contribution in [3.05, 3.63) is 35.4 Å². The molecule has 0 aromatic heterocycles. The van der Waals surface area contributed by atoms with Crippen LogP contribution in [0.3, 0.4) is 0 Å². The van der Waals surface area contributed by atoms with Gasteiger partial charge in [-0.2, -0.15) is 0 Å². The highest BCUT2D eigenvalue weighted by atomic mass is 19.1. The van der Waals surface area contributed by atoms with E-state index in [9.17, 15) is 8.78 Å². The molecule has 0 heterocycles. The topological polar surface area (TPSA) is 29.3 Å². The number of nitrogens with zero attached hydrogens (tertiary/aromatic N) is 1. The average Bonchev–Trinajstić information content (AvgIpc) is 2.49. The second-order valence-corrected chi connectivity index (χ2v) is 6.29. The third kappa shape index (κ3) is 4.24. The van der Waals surface area contributed by atoms with Crippen molar-refractivity contribution >= 4 is 0 Å². The maximum absolute atomic E-state index is 13.7. The molecule has 1 aliphatic carbocycles. The molecule has 1 saturated carbocycles. The van der Waals surface area contributed by atoms with Crippen LogP contribution in [-0.2, 0) is 0 Å². The Bertz CT molecular complexity index is 456. The van der Waals surface area contributed by atoms with Gasteiger partial charge in [0, 0.05) is 24.2 Å². The summed E-state index contributed by atoms with van der Waals surface area (Å²) in [6.45, 7) is 2.80. The molecule has 1 aromatic carbocycles. The number of halogens is 2. The first-order valence-corrected chi connectivity index (χ1v) is 7.92. The Kier molecular flexibility index (Phi) is 5.71. The first kappa shape index (κ1) is 16.4. The third-order valence-corrected chi connectivity index (χ3v) is 4.86. The Morgan fingerprint density at radius 1 is 1.24 bits per heavy atom. The van der Waals surface area contributed by atoms with Gasteiger partial charge in [-0.25, -0.2) is 8.78 Å². The summed E-state index contributed by atoms with van der Waals surface area (Å²) < 4.78 is 27.0. The van der Waals surface area contributed by atoms with Gasteiger partial charge in [-0.3, -0.25) is 0 Å². The van der Waals surface area contributed by atoms with Crippen LogP contribution in [0.1, 0.15) is 50.6 Å². The minimum atomic E-state index is -0.491. The van der Waals surface area contributed by atoms with E-state index in [0.717, 1.165) is 18.1 Å². The van der Waals surface area contributed by atoms with E-state index in [1.165, 1.54) is 38.2 Å². The van der Waals surface area contributed by atoms with Crippen LogP contribution in [0, 0.1) is 17.6 Å². The normalized spacial score (nSPS) is 24.3. The Morgan fingerprint density at radius 3 is 2.52 bits per heavy atom. The van der Waals surface area contributed by atoms with Crippen LogP contribution in [0.5, 0.6) is 0 Å². The van der Waals surface area contributed by atoms with Crippen molar-refractivity contribution in [2.45, 2.75) is 51.1 Å². The molecule has 1 aromatic rings. The number of hydrogen-bond donors (Lipinski definition) is 1. The van der Waals surface area contributed by atoms with E-state index in [0.29, 0.717) is 12.6 Å². The molecule has 4 heteroatoms. The minimum absolute atomic E-state index is 0.268. The largest absolute Gasteiger partial charge is 0.323 e. The van der Waals surface area contributed by atoms with Gasteiger partial charge < -0.3 is 10.6 Å². The molecule has 21 heavy (non-hydrogen) atoms. The molecule has 2 N–H and O–H groups in total. The Balaban J connectivity index is 1.93. The second kappa shape index (κ2) is 7.32. The van der Waals surface area contributed by atoms with Crippen molar-refractivity contribution in [1.29, 1.82) is 0 Å². The monoisotopic (exact) mass is 296 g/mol. The van der Waals surface area contributed by atoms with Crippen LogP contribution < -0.4 is 5.73 Å². The van der Waals surface area contributed by atoms with Crippen LogP contribution in [0.4, 0.5) is 8.78 Å². The molecule has 0 spiro atoms. The Labute approximate surface area is 126 Å². The average molecular weight is 296 g/mol. The summed E-state index contributed by atoms with van der Waals surface area (Å²) in [5, 5.41) is 0. The van der Waals surface area contributed by atoms with Gasteiger partial charge in [0.2, 0.25) is 0 Å². The van der Waals surface area contributed by atoms with Gasteiger partial charge in [0.15, 0.2) is 0 Å². The fourth-order valence-electron chi connectivity index (χ4n) is 3.35. The van der Waals surface area contributed by atoms with Crippen LogP contribution in [-0.4, -0.2) is 24.5 Å². The van der Waals surface area contributed by atoms with Gasteiger partial charge in [0.05, 0.1) is 0 Å². The Hall–Kier alpha value is -1.00. The van der Waals surface area contributed by atoms with E-state index >= 15 is 0 Å². The van der Waals surface area contributed by atoms with E-state index in [1.807, 2.05) is 7.05 Å². The highest BCUT2D eigenvalue weighted by Gasteiger charge is 2.24. The number of likely N-dealkylation sites (N-methyl/N-ethyl adjacent to an activating group) is 1. The van der Waals surface area contributed by atoms with E-state index in [-0.39, 0.29) is 5.56 Å². The zero-order chi connectivity index (χ0) is 15.4. The molecule has 0 amide bonds. The number of rotatable bonds is 5. The van der Waals surface area contributed by atoms with Crippen molar-refractivity contribution in [1.82, 2.24) is 4.90 Å². The van der Waals surface area contributed by atoms with Gasteiger partial charge in [0.1, 0.15) is 11.6 Å². The molecule has 0 radical (unpaired) electrons. The smallest absolute Gasteiger partial charge is 0.128 e. The van der Waals surface area contributed by atoms with E-state index in [4.69, 9.17) is 5.73 Å². The summed E-state index contributed by atoms with van der Waals surface area (Å²) in [4.78, 5) is 2.21. The van der Waals surface area contributed by atoms with Crippen molar-refractivity contribution in [3.63, 3.8) is 0 Å². The van der Waals surface area contributed by atoms with Crippen molar-refractivity contribution in [2.75, 3.05) is 13.6 Å². The van der Waals surface area contributed by atoms with Crippen LogP contribution >= 0.6 is 0 Å². The van der Waals surface area contributed by atoms with Gasteiger partial charge >= 0.3 is 0 Å². The zero-order valence-corrected chi connectivity index (χ0v) is 13.0. The molecule has 0 bridgehead atoms. The molecular formula is C17H26F2N2. The van der Waals surface area contributed by atoms with E-state index in [2.05, 4.69) is 11.8 Å². The van der Waals surface area contributed by atoms with Crippen molar-refractivity contribution < 1.29 is 8.78 Å². The summed E-state index contributed by atoms with van der Waals surface area (Å²) in [7, 11) is 2.04. The fourth-order valence-corrected chi connectivity index (χ4v) is 3.35. The predicted molar refractivity (Wildman–Crippen MR) is 82.0 cm³/mol. The summed E-state index contributed by atoms with van der Waals surface area (Å²) in [6.07, 6.45) is 6.12. The molecule has 0 saturated heterocycles. The molecule has 1 atom stereocenters. The lowest BCUT2D eigenvalue weighted by Gasteiger charge is -2.35. The van der Waals surface area contributed by atoms with E-state index < -0.39 is 17.7 Å². The van der Waals surface area contributed by atoms with Crippen LogP contribution in [0.15, 0.2) is 18.2 Å². The summed E-state index contributed by atoms with van der Waals surface area (Å²) in [6, 6.07) is 3.50. The zero-order valence-electron chi connectivity index (χ0n) is 13.0. The summed E-state index contributed by atoms with van der Waals surface area (Å²) >= 11 is 0. The standard InChI is InChI=1S/C17H26F2N2/c1-3-12-4-7-14(8-5-12)21(2)11-17(20)15-10-13(18)6-9-16(15)19/h6,9-10,12,14,17H,3-5,7-8,11,20H2,1-2H3. The van der Waals surface area contributed by atoms with Gasteiger partial charge in [0.25, 0.3) is 0 Å². The summed E-state index contributed by atoms with van der Waals surface area (Å²) in [5.74, 6) is -0.0102. The number of hydrogen-bond acceptors (Lipinski definition) is 2. The molecule has 0 aliphatic heterocycles. The molecule has 1 aliphatic rings. The highest BCUT2D eigenvalue weighted by Crippen LogP contribution is 2.29. The van der Waals surface area contributed by atoms with Crippen molar-refractivity contribution in [3.8, 4) is 0 Å². The lowest BCUT2D eigenvalue weighted by Crippen LogP contribution is -2.39. The SMILES string of the molecule is CCC1CCC(N(C)CC(N)c2cc(F)ccc2F)CC1. The highest BCUT2D eigenvalue weighted by molar-refractivity contribution is 5.22. The summed E-state index contributed by atoms with van der Waals surface area (Å²) in [5.41, 5.74) is 6.35. The first-order chi connectivity index (χ1) is 10.0. The number of nitrogens with two attached hydrogens (primary N) is 1. The van der Waals surface area contributed by atoms with Gasteiger partial charge in [-0.1, -0.05) is 13.3 Å². The molecule has 118 valence electrons. The van der Waals surface area contributed by atoms with E-state index in [1.54, 1.807) is 0 Å². The van der Waals surface area contributed by atoms with Crippen LogP contribution in [0.2, 0.25) is 0 Å². The molecule has 2 nitrogen and oxygen atoms in total. The Morgan fingerprint density at radius 2 is 1.90 bits per heavy atom. The third-order valence-electron chi connectivity index (χ3n) is 4.86. The van der Waals surface area contributed by atoms with Crippen molar-refractivity contribution in [2.24, 2.45) is 11.7 Å². The fraction of sp³-hybridized carbons (Fsp3) is 0.647. The maximum Gasteiger partial charge on any atom is 0.128 e. The second-order valence-electron chi connectivity index (χ2n) is 6.29. The quantitative estimate of drug-likeness (QED) is 0.894.